The highest BCUT2D eigenvalue weighted by molar-refractivity contribution is 7.92. The molecule has 0 aliphatic heterocycles. The van der Waals surface area contributed by atoms with Crippen molar-refractivity contribution >= 4 is 27.5 Å². The second-order valence-electron chi connectivity index (χ2n) is 10.3. The summed E-state index contributed by atoms with van der Waals surface area (Å²) in [5.74, 6) is -0.662. The van der Waals surface area contributed by atoms with Crippen LogP contribution >= 0.6 is 0 Å². The average molecular weight is 634 g/mol. The lowest BCUT2D eigenvalue weighted by Gasteiger charge is -2.33. The number of benzene rings is 3. The van der Waals surface area contributed by atoms with Crippen LogP contribution in [0.1, 0.15) is 49.8 Å². The van der Waals surface area contributed by atoms with Crippen LogP contribution in [0.2, 0.25) is 0 Å². The summed E-state index contributed by atoms with van der Waals surface area (Å²) in [7, 11) is -3.03. The fourth-order valence-electron chi connectivity index (χ4n) is 4.60. The van der Waals surface area contributed by atoms with E-state index in [2.05, 4.69) is 5.32 Å². The molecule has 0 aliphatic rings. The van der Waals surface area contributed by atoms with E-state index in [0.717, 1.165) is 30.5 Å². The van der Waals surface area contributed by atoms with Gasteiger partial charge < -0.3 is 15.0 Å². The second kappa shape index (κ2) is 15.1. The number of ether oxygens (including phenoxy) is 1. The van der Waals surface area contributed by atoms with E-state index in [1.807, 2.05) is 6.92 Å². The Morgan fingerprint density at radius 3 is 2.27 bits per heavy atom. The van der Waals surface area contributed by atoms with E-state index in [0.29, 0.717) is 28.2 Å². The minimum absolute atomic E-state index is 0.0727. The number of halogens is 3. The standard InChI is InChI=1S/C32H38F3N3O5S/c1-5-7-18-36-31(40)29(6-2)37(21-24-10-8-13-27(19-24)43-4)30(39)22-38(26-12-9-11-25(20-26)32(33,34)35)44(41,42)28-16-14-23(3)15-17-28/h8-17,19-20,29H,5-7,18,21-22H2,1-4H3,(H,36,40)/t29-/m0/s1. The number of hydrogen-bond acceptors (Lipinski definition) is 5. The van der Waals surface area contributed by atoms with Gasteiger partial charge in [0.2, 0.25) is 11.8 Å². The minimum atomic E-state index is -4.75. The summed E-state index contributed by atoms with van der Waals surface area (Å²) in [5, 5.41) is 2.83. The SMILES string of the molecule is CCCCNC(=O)[C@H](CC)N(Cc1cccc(OC)c1)C(=O)CN(c1cccc(C(F)(F)F)c1)S(=O)(=O)c1ccc(C)cc1. The van der Waals surface area contributed by atoms with Crippen molar-refractivity contribution in [1.82, 2.24) is 10.2 Å². The van der Waals surface area contributed by atoms with Crippen molar-refractivity contribution in [2.75, 3.05) is 24.5 Å². The lowest BCUT2D eigenvalue weighted by atomic mass is 10.1. The zero-order chi connectivity index (χ0) is 32.5. The molecule has 0 saturated carbocycles. The van der Waals surface area contributed by atoms with Crippen molar-refractivity contribution < 1.29 is 35.9 Å². The number of anilines is 1. The molecule has 0 saturated heterocycles. The molecule has 3 aromatic carbocycles. The van der Waals surface area contributed by atoms with Gasteiger partial charge in [-0.05, 0) is 67.8 Å². The van der Waals surface area contributed by atoms with E-state index >= 15 is 0 Å². The Bertz CT molecular complexity index is 1530. The zero-order valence-electron chi connectivity index (χ0n) is 25.2. The van der Waals surface area contributed by atoms with Gasteiger partial charge in [0.1, 0.15) is 18.3 Å². The van der Waals surface area contributed by atoms with Crippen LogP contribution in [0.15, 0.2) is 77.7 Å². The van der Waals surface area contributed by atoms with E-state index in [4.69, 9.17) is 4.74 Å². The molecule has 0 unspecified atom stereocenters. The van der Waals surface area contributed by atoms with Gasteiger partial charge in [0, 0.05) is 13.1 Å². The van der Waals surface area contributed by atoms with E-state index in [1.165, 1.54) is 30.2 Å². The Morgan fingerprint density at radius 1 is 0.977 bits per heavy atom. The van der Waals surface area contributed by atoms with Crippen LogP contribution in [0.25, 0.3) is 0 Å². The first kappa shape index (κ1) is 34.4. The third kappa shape index (κ3) is 8.75. The number of unbranched alkanes of at least 4 members (excludes halogenated alkanes) is 1. The number of methoxy groups -OCH3 is 1. The number of aryl methyl sites for hydroxylation is 1. The van der Waals surface area contributed by atoms with Gasteiger partial charge in [-0.2, -0.15) is 13.2 Å². The number of rotatable bonds is 14. The predicted molar refractivity (Wildman–Crippen MR) is 163 cm³/mol. The molecule has 0 radical (unpaired) electrons. The van der Waals surface area contributed by atoms with Crippen molar-refractivity contribution in [3.05, 3.63) is 89.5 Å². The number of sulfonamides is 1. The lowest BCUT2D eigenvalue weighted by Crippen LogP contribution is -2.52. The van der Waals surface area contributed by atoms with Gasteiger partial charge in [-0.25, -0.2) is 8.42 Å². The van der Waals surface area contributed by atoms with Gasteiger partial charge in [-0.1, -0.05) is 56.2 Å². The summed E-state index contributed by atoms with van der Waals surface area (Å²) in [6.45, 7) is 4.93. The molecule has 0 aliphatic carbocycles. The maximum absolute atomic E-state index is 14.1. The highest BCUT2D eigenvalue weighted by Crippen LogP contribution is 2.33. The normalized spacial score (nSPS) is 12.3. The molecule has 3 aromatic rings. The molecule has 8 nitrogen and oxygen atoms in total. The number of carbonyl (C=O) groups is 2. The number of nitrogens with one attached hydrogen (secondary N) is 1. The van der Waals surface area contributed by atoms with Crippen molar-refractivity contribution in [3.63, 3.8) is 0 Å². The summed E-state index contributed by atoms with van der Waals surface area (Å²) in [5.41, 5.74) is -0.0171. The maximum atomic E-state index is 14.1. The first-order valence-corrected chi connectivity index (χ1v) is 15.7. The second-order valence-corrected chi connectivity index (χ2v) is 12.2. The number of alkyl halides is 3. The summed E-state index contributed by atoms with van der Waals surface area (Å²) < 4.78 is 74.8. The van der Waals surface area contributed by atoms with Crippen LogP contribution in [0.5, 0.6) is 5.75 Å². The average Bonchev–Trinajstić information content (AvgIpc) is 2.99. The van der Waals surface area contributed by atoms with Crippen molar-refractivity contribution in [1.29, 1.82) is 0 Å². The molecule has 1 N–H and O–H groups in total. The Hall–Kier alpha value is -4.06. The number of nitrogens with zero attached hydrogens (tertiary/aromatic N) is 2. The van der Waals surface area contributed by atoms with Gasteiger partial charge in [-0.15, -0.1) is 0 Å². The van der Waals surface area contributed by atoms with Gasteiger partial charge in [0.05, 0.1) is 23.3 Å². The van der Waals surface area contributed by atoms with Gasteiger partial charge in [0.25, 0.3) is 10.0 Å². The molecule has 1 atom stereocenters. The van der Waals surface area contributed by atoms with Crippen molar-refractivity contribution in [2.45, 2.75) is 63.7 Å². The molecule has 0 heterocycles. The quantitative estimate of drug-likeness (QED) is 0.222. The van der Waals surface area contributed by atoms with E-state index in [9.17, 15) is 31.2 Å². The van der Waals surface area contributed by atoms with E-state index in [1.54, 1.807) is 50.2 Å². The van der Waals surface area contributed by atoms with Crippen LogP contribution in [-0.4, -0.2) is 51.4 Å². The number of hydrogen-bond donors (Lipinski definition) is 1. The molecule has 3 rings (SSSR count). The summed E-state index contributed by atoms with van der Waals surface area (Å²) in [6, 6.07) is 15.5. The van der Waals surface area contributed by atoms with Crippen LogP contribution in [0.3, 0.4) is 0 Å². The first-order valence-electron chi connectivity index (χ1n) is 14.3. The first-order chi connectivity index (χ1) is 20.8. The Labute approximate surface area is 256 Å². The number of amides is 2. The van der Waals surface area contributed by atoms with Gasteiger partial charge in [0.15, 0.2) is 0 Å². The molecule has 0 spiro atoms. The van der Waals surface area contributed by atoms with Crippen LogP contribution in [-0.2, 0) is 32.3 Å². The van der Waals surface area contributed by atoms with Crippen molar-refractivity contribution in [2.24, 2.45) is 0 Å². The topological polar surface area (TPSA) is 96.0 Å². The fourth-order valence-corrected chi connectivity index (χ4v) is 6.00. The Balaban J connectivity index is 2.11. The molecule has 238 valence electrons. The summed E-state index contributed by atoms with van der Waals surface area (Å²) in [4.78, 5) is 28.5. The molecule has 0 bridgehead atoms. The molecule has 12 heteroatoms. The largest absolute Gasteiger partial charge is 0.497 e. The summed E-state index contributed by atoms with van der Waals surface area (Å²) in [6.07, 6.45) is -2.97. The smallest absolute Gasteiger partial charge is 0.416 e. The third-order valence-corrected chi connectivity index (χ3v) is 8.84. The molecular weight excluding hydrogens is 595 g/mol. The Kier molecular flexibility index (Phi) is 11.8. The molecular formula is C32H38F3N3O5S. The van der Waals surface area contributed by atoms with Crippen molar-refractivity contribution in [3.8, 4) is 5.75 Å². The highest BCUT2D eigenvalue weighted by Gasteiger charge is 2.36. The zero-order valence-corrected chi connectivity index (χ0v) is 26.0. The van der Waals surface area contributed by atoms with Crippen LogP contribution < -0.4 is 14.4 Å². The molecule has 0 fully saturated rings. The third-order valence-electron chi connectivity index (χ3n) is 7.05. The molecule has 44 heavy (non-hydrogen) atoms. The van der Waals surface area contributed by atoms with E-state index in [-0.39, 0.29) is 23.5 Å². The highest BCUT2D eigenvalue weighted by atomic mass is 32.2. The predicted octanol–water partition coefficient (Wildman–Crippen LogP) is 5.94. The molecule has 0 aromatic heterocycles. The molecule has 2 amide bonds. The van der Waals surface area contributed by atoms with Crippen LogP contribution in [0, 0.1) is 6.92 Å². The van der Waals surface area contributed by atoms with Gasteiger partial charge >= 0.3 is 6.18 Å². The maximum Gasteiger partial charge on any atom is 0.416 e. The monoisotopic (exact) mass is 633 g/mol. The van der Waals surface area contributed by atoms with E-state index < -0.39 is 46.2 Å². The van der Waals surface area contributed by atoms with Crippen LogP contribution in [0.4, 0.5) is 18.9 Å². The minimum Gasteiger partial charge on any atom is -0.497 e. The number of carbonyl (C=O) groups excluding carboxylic acids is 2. The Morgan fingerprint density at radius 2 is 1.66 bits per heavy atom. The summed E-state index contributed by atoms with van der Waals surface area (Å²) >= 11 is 0. The van der Waals surface area contributed by atoms with Gasteiger partial charge in [-0.3, -0.25) is 13.9 Å². The lowest BCUT2D eigenvalue weighted by molar-refractivity contribution is -0.140. The fraction of sp³-hybridized carbons (Fsp3) is 0.375.